The molecule has 0 aromatic heterocycles. The molecule has 2 N–H and O–H groups in total. The van der Waals surface area contributed by atoms with Crippen LogP contribution >= 0.6 is 0 Å². The highest BCUT2D eigenvalue weighted by Crippen LogP contribution is 2.27. The monoisotopic (exact) mass is 253 g/mol. The molecule has 0 aromatic carbocycles. The molecule has 2 saturated carbocycles. The molecule has 3 nitrogen and oxygen atoms in total. The van der Waals surface area contributed by atoms with Crippen molar-refractivity contribution in [3.8, 4) is 0 Å². The molecule has 2 aliphatic rings. The molecule has 2 unspecified atom stereocenters. The van der Waals surface area contributed by atoms with Crippen LogP contribution in [0.1, 0.15) is 64.2 Å². The molecule has 0 saturated heterocycles. The van der Waals surface area contributed by atoms with E-state index in [1.54, 1.807) is 0 Å². The van der Waals surface area contributed by atoms with E-state index in [0.29, 0.717) is 18.9 Å². The minimum absolute atomic E-state index is 0.180. The lowest BCUT2D eigenvalue weighted by molar-refractivity contribution is -0.121. The maximum Gasteiger partial charge on any atom is 0.220 e. The summed E-state index contributed by atoms with van der Waals surface area (Å²) in [5.41, 5.74) is 0. The van der Waals surface area contributed by atoms with Crippen LogP contribution in [-0.4, -0.2) is 23.7 Å². The predicted octanol–water partition coefficient (Wildman–Crippen LogP) is 2.62. The Morgan fingerprint density at radius 3 is 2.50 bits per heavy atom. The Bertz CT molecular complexity index is 261. The van der Waals surface area contributed by atoms with Gasteiger partial charge in [-0.05, 0) is 25.2 Å². The highest BCUT2D eigenvalue weighted by molar-refractivity contribution is 5.75. The number of hydrogen-bond donors (Lipinski definition) is 2. The van der Waals surface area contributed by atoms with Crippen molar-refractivity contribution in [1.29, 1.82) is 0 Å². The van der Waals surface area contributed by atoms with Gasteiger partial charge in [0.2, 0.25) is 5.91 Å². The van der Waals surface area contributed by atoms with Gasteiger partial charge in [0.25, 0.3) is 0 Å². The average molecular weight is 253 g/mol. The van der Waals surface area contributed by atoms with E-state index in [4.69, 9.17) is 0 Å². The van der Waals surface area contributed by atoms with Crippen molar-refractivity contribution in [2.75, 3.05) is 6.54 Å². The summed E-state index contributed by atoms with van der Waals surface area (Å²) in [7, 11) is 0. The molecule has 0 bridgehead atoms. The summed E-state index contributed by atoms with van der Waals surface area (Å²) in [6.45, 7) is 0.671. The van der Waals surface area contributed by atoms with Crippen LogP contribution in [0.2, 0.25) is 0 Å². The highest BCUT2D eigenvalue weighted by atomic mass is 16.3. The maximum absolute atomic E-state index is 11.8. The van der Waals surface area contributed by atoms with Gasteiger partial charge in [-0.3, -0.25) is 4.79 Å². The number of aliphatic hydroxyl groups is 1. The molecule has 0 heterocycles. The van der Waals surface area contributed by atoms with Gasteiger partial charge in [0, 0.05) is 18.9 Å². The fourth-order valence-electron chi connectivity index (χ4n) is 3.40. The van der Waals surface area contributed by atoms with Crippen LogP contribution in [0.4, 0.5) is 0 Å². The van der Waals surface area contributed by atoms with Crippen molar-refractivity contribution in [2.24, 2.45) is 11.8 Å². The van der Waals surface area contributed by atoms with E-state index in [2.05, 4.69) is 5.32 Å². The average Bonchev–Trinajstić information content (AvgIpc) is 2.81. The van der Waals surface area contributed by atoms with Crippen LogP contribution in [0.25, 0.3) is 0 Å². The first kappa shape index (κ1) is 13.9. The number of hydrogen-bond acceptors (Lipinski definition) is 2. The van der Waals surface area contributed by atoms with Gasteiger partial charge in [0.05, 0.1) is 6.10 Å². The van der Waals surface area contributed by atoms with Gasteiger partial charge < -0.3 is 10.4 Å². The number of nitrogens with one attached hydrogen (secondary N) is 1. The fraction of sp³-hybridized carbons (Fsp3) is 0.933. The largest absolute Gasteiger partial charge is 0.393 e. The third kappa shape index (κ3) is 4.27. The summed E-state index contributed by atoms with van der Waals surface area (Å²) in [4.78, 5) is 11.8. The number of aliphatic hydroxyl groups excluding tert-OH is 1. The molecule has 0 radical (unpaired) electrons. The molecule has 1 amide bonds. The first-order valence-corrected chi connectivity index (χ1v) is 7.70. The lowest BCUT2D eigenvalue weighted by atomic mass is 9.86. The van der Waals surface area contributed by atoms with Gasteiger partial charge in [-0.15, -0.1) is 0 Å². The van der Waals surface area contributed by atoms with E-state index in [9.17, 15) is 9.90 Å². The normalized spacial score (nSPS) is 29.4. The van der Waals surface area contributed by atoms with Crippen LogP contribution in [0, 0.1) is 11.8 Å². The van der Waals surface area contributed by atoms with Gasteiger partial charge in [-0.1, -0.05) is 38.5 Å². The van der Waals surface area contributed by atoms with E-state index in [0.717, 1.165) is 31.6 Å². The second-order valence-electron chi connectivity index (χ2n) is 6.11. The van der Waals surface area contributed by atoms with Crippen LogP contribution < -0.4 is 5.32 Å². The number of carbonyl (C=O) groups is 1. The van der Waals surface area contributed by atoms with Crippen molar-refractivity contribution in [1.82, 2.24) is 5.32 Å². The minimum Gasteiger partial charge on any atom is -0.393 e. The first-order valence-electron chi connectivity index (χ1n) is 7.70. The number of carbonyl (C=O) groups excluding carboxylic acids is 1. The molecule has 0 aliphatic heterocycles. The van der Waals surface area contributed by atoms with Crippen molar-refractivity contribution in [3.63, 3.8) is 0 Å². The van der Waals surface area contributed by atoms with Crippen LogP contribution in [-0.2, 0) is 4.79 Å². The Kier molecular flexibility index (Phi) is 5.48. The molecule has 104 valence electrons. The zero-order chi connectivity index (χ0) is 12.8. The van der Waals surface area contributed by atoms with Crippen molar-refractivity contribution < 1.29 is 9.90 Å². The Morgan fingerprint density at radius 1 is 1.06 bits per heavy atom. The summed E-state index contributed by atoms with van der Waals surface area (Å²) >= 11 is 0. The molecule has 2 fully saturated rings. The Hall–Kier alpha value is -0.570. The van der Waals surface area contributed by atoms with E-state index >= 15 is 0 Å². The zero-order valence-corrected chi connectivity index (χ0v) is 11.4. The standard InChI is InChI=1S/C15H27NO2/c17-14-8-4-7-13(14)11-16-15(18)10-9-12-5-2-1-3-6-12/h12-14,17H,1-11H2,(H,16,18). The van der Waals surface area contributed by atoms with E-state index in [-0.39, 0.29) is 12.0 Å². The molecule has 18 heavy (non-hydrogen) atoms. The van der Waals surface area contributed by atoms with Gasteiger partial charge >= 0.3 is 0 Å². The summed E-state index contributed by atoms with van der Waals surface area (Å²) in [5, 5.41) is 12.7. The Balaban J connectivity index is 1.57. The SMILES string of the molecule is O=C(CCC1CCCCC1)NCC1CCCC1O. The summed E-state index contributed by atoms with van der Waals surface area (Å²) in [5.74, 6) is 1.25. The lowest BCUT2D eigenvalue weighted by Crippen LogP contribution is -2.32. The minimum atomic E-state index is -0.191. The smallest absolute Gasteiger partial charge is 0.220 e. The van der Waals surface area contributed by atoms with Gasteiger partial charge in [-0.25, -0.2) is 0 Å². The molecule has 0 spiro atoms. The molecular weight excluding hydrogens is 226 g/mol. The molecule has 3 heteroatoms. The van der Waals surface area contributed by atoms with Crippen molar-refractivity contribution in [3.05, 3.63) is 0 Å². The van der Waals surface area contributed by atoms with Gasteiger partial charge in [0.1, 0.15) is 0 Å². The summed E-state index contributed by atoms with van der Waals surface area (Å²) < 4.78 is 0. The van der Waals surface area contributed by atoms with Crippen molar-refractivity contribution >= 4 is 5.91 Å². The number of amides is 1. The summed E-state index contributed by atoms with van der Waals surface area (Å²) in [6.07, 6.45) is 11.3. The molecular formula is C15H27NO2. The van der Waals surface area contributed by atoms with E-state index in [1.807, 2.05) is 0 Å². The lowest BCUT2D eigenvalue weighted by Gasteiger charge is -2.21. The van der Waals surface area contributed by atoms with E-state index in [1.165, 1.54) is 32.1 Å². The van der Waals surface area contributed by atoms with E-state index < -0.39 is 0 Å². The Morgan fingerprint density at radius 2 is 1.83 bits per heavy atom. The maximum atomic E-state index is 11.8. The van der Waals surface area contributed by atoms with Gasteiger partial charge in [0.15, 0.2) is 0 Å². The van der Waals surface area contributed by atoms with Crippen LogP contribution in [0.15, 0.2) is 0 Å². The van der Waals surface area contributed by atoms with Gasteiger partial charge in [-0.2, -0.15) is 0 Å². The Labute approximate surface area is 110 Å². The molecule has 2 aliphatic carbocycles. The van der Waals surface area contributed by atoms with Crippen molar-refractivity contribution in [2.45, 2.75) is 70.3 Å². The predicted molar refractivity (Wildman–Crippen MR) is 72.2 cm³/mol. The summed E-state index contributed by atoms with van der Waals surface area (Å²) in [6, 6.07) is 0. The topological polar surface area (TPSA) is 49.3 Å². The highest BCUT2D eigenvalue weighted by Gasteiger charge is 2.25. The second-order valence-corrected chi connectivity index (χ2v) is 6.11. The fourth-order valence-corrected chi connectivity index (χ4v) is 3.40. The van der Waals surface area contributed by atoms with Crippen LogP contribution in [0.5, 0.6) is 0 Å². The second kappa shape index (κ2) is 7.13. The third-order valence-corrected chi connectivity index (χ3v) is 4.68. The zero-order valence-electron chi connectivity index (χ0n) is 11.4. The third-order valence-electron chi connectivity index (χ3n) is 4.68. The van der Waals surface area contributed by atoms with Crippen LogP contribution in [0.3, 0.4) is 0 Å². The number of rotatable bonds is 5. The quantitative estimate of drug-likeness (QED) is 0.791. The molecule has 2 rings (SSSR count). The molecule has 0 aromatic rings. The first-order chi connectivity index (χ1) is 8.75. The molecule has 2 atom stereocenters.